The lowest BCUT2D eigenvalue weighted by Gasteiger charge is -2.02. The van der Waals surface area contributed by atoms with Gasteiger partial charge in [0.1, 0.15) is 17.8 Å². The van der Waals surface area contributed by atoms with Gasteiger partial charge in [0.15, 0.2) is 0 Å². The smallest absolute Gasteiger partial charge is 0.226 e. The summed E-state index contributed by atoms with van der Waals surface area (Å²) in [7, 11) is 1.63. The number of nitrogens with one attached hydrogen (secondary N) is 1. The van der Waals surface area contributed by atoms with E-state index in [2.05, 4.69) is 10.3 Å². The normalized spacial score (nSPS) is 10.6. The van der Waals surface area contributed by atoms with Gasteiger partial charge in [0, 0.05) is 31.4 Å². The quantitative estimate of drug-likeness (QED) is 0.681. The van der Waals surface area contributed by atoms with Crippen molar-refractivity contribution in [1.82, 2.24) is 10.3 Å². The Balaban J connectivity index is 1.44. The number of hydrogen-bond acceptors (Lipinski definition) is 5. The molecule has 0 aliphatic carbocycles. The maximum atomic E-state index is 11.8. The number of carbonyl (C=O) groups excluding carboxylic acids is 1. The third-order valence-corrected chi connectivity index (χ3v) is 3.77. The zero-order chi connectivity index (χ0) is 17.5. The zero-order valence-corrected chi connectivity index (χ0v) is 14.0. The maximum absolute atomic E-state index is 11.8. The third-order valence-electron chi connectivity index (χ3n) is 3.77. The zero-order valence-electron chi connectivity index (χ0n) is 14.0. The minimum Gasteiger partial charge on any atom is -0.497 e. The van der Waals surface area contributed by atoms with Gasteiger partial charge in [-0.05, 0) is 36.4 Å². The molecule has 0 saturated heterocycles. The van der Waals surface area contributed by atoms with Gasteiger partial charge in [0.05, 0.1) is 19.1 Å². The fraction of sp³-hybridized carbons (Fsp3) is 0.263. The number of oxazole rings is 1. The fourth-order valence-electron chi connectivity index (χ4n) is 2.40. The van der Waals surface area contributed by atoms with Crippen molar-refractivity contribution in [2.45, 2.75) is 19.3 Å². The van der Waals surface area contributed by atoms with Crippen LogP contribution in [0.2, 0.25) is 0 Å². The second-order valence-electron chi connectivity index (χ2n) is 5.55. The van der Waals surface area contributed by atoms with Crippen LogP contribution in [0.3, 0.4) is 0 Å². The molecule has 0 unspecified atom stereocenters. The Morgan fingerprint density at radius 1 is 1.16 bits per heavy atom. The predicted molar refractivity (Wildman–Crippen MR) is 92.2 cm³/mol. The number of carbonyl (C=O) groups is 1. The van der Waals surface area contributed by atoms with Crippen molar-refractivity contribution in [1.29, 1.82) is 0 Å². The van der Waals surface area contributed by atoms with Crippen molar-refractivity contribution in [3.05, 3.63) is 60.4 Å². The molecule has 0 saturated carbocycles. The van der Waals surface area contributed by atoms with Crippen LogP contribution in [0.25, 0.3) is 11.5 Å². The van der Waals surface area contributed by atoms with Crippen LogP contribution < -0.4 is 10.1 Å². The SMILES string of the molecule is COc1ccc(-c2nc(CCNC(=O)CCc3ccco3)co2)cc1. The molecule has 1 N–H and O–H groups in total. The Kier molecular flexibility index (Phi) is 5.51. The molecule has 3 rings (SSSR count). The first-order valence-electron chi connectivity index (χ1n) is 8.12. The number of nitrogens with zero attached hydrogens (tertiary/aromatic N) is 1. The molecular weight excluding hydrogens is 320 g/mol. The van der Waals surface area contributed by atoms with Gasteiger partial charge in [0.25, 0.3) is 0 Å². The number of benzene rings is 1. The summed E-state index contributed by atoms with van der Waals surface area (Å²) < 4.78 is 15.8. The van der Waals surface area contributed by atoms with E-state index in [0.717, 1.165) is 22.8 Å². The number of furan rings is 1. The minimum atomic E-state index is -0.00438. The Hall–Kier alpha value is -3.02. The summed E-state index contributed by atoms with van der Waals surface area (Å²) >= 11 is 0. The number of aromatic nitrogens is 1. The van der Waals surface area contributed by atoms with E-state index < -0.39 is 0 Å². The standard InChI is InChI=1S/C19H20N2O4/c1-23-16-6-4-14(5-7-16)19-21-15(13-25-19)10-11-20-18(22)9-8-17-3-2-12-24-17/h2-7,12-13H,8-11H2,1H3,(H,20,22). The number of rotatable bonds is 8. The maximum Gasteiger partial charge on any atom is 0.226 e. The molecule has 130 valence electrons. The van der Waals surface area contributed by atoms with Crippen LogP contribution in [0.4, 0.5) is 0 Å². The average molecular weight is 340 g/mol. The molecule has 0 spiro atoms. The Morgan fingerprint density at radius 2 is 2.00 bits per heavy atom. The molecule has 0 fully saturated rings. The van der Waals surface area contributed by atoms with Crippen molar-refractivity contribution < 1.29 is 18.4 Å². The lowest BCUT2D eigenvalue weighted by molar-refractivity contribution is -0.121. The molecule has 25 heavy (non-hydrogen) atoms. The third kappa shape index (κ3) is 4.73. The van der Waals surface area contributed by atoms with Gasteiger partial charge in [-0.15, -0.1) is 0 Å². The highest BCUT2D eigenvalue weighted by atomic mass is 16.5. The topological polar surface area (TPSA) is 77.5 Å². The van der Waals surface area contributed by atoms with Gasteiger partial charge in [-0.25, -0.2) is 4.98 Å². The van der Waals surface area contributed by atoms with Crippen LogP contribution in [-0.2, 0) is 17.6 Å². The first-order valence-corrected chi connectivity index (χ1v) is 8.12. The average Bonchev–Trinajstić information content (AvgIpc) is 3.32. The molecule has 0 aliphatic heterocycles. The minimum absolute atomic E-state index is 0.00438. The van der Waals surface area contributed by atoms with E-state index in [4.69, 9.17) is 13.6 Å². The predicted octanol–water partition coefficient (Wildman–Crippen LogP) is 3.23. The van der Waals surface area contributed by atoms with E-state index in [1.54, 1.807) is 19.6 Å². The van der Waals surface area contributed by atoms with Crippen molar-refractivity contribution in [3.63, 3.8) is 0 Å². The van der Waals surface area contributed by atoms with Crippen molar-refractivity contribution in [2.75, 3.05) is 13.7 Å². The molecule has 0 aliphatic rings. The first-order chi connectivity index (χ1) is 12.2. The Morgan fingerprint density at radius 3 is 2.72 bits per heavy atom. The fourth-order valence-corrected chi connectivity index (χ4v) is 2.40. The van der Waals surface area contributed by atoms with E-state index >= 15 is 0 Å². The molecule has 2 aromatic heterocycles. The van der Waals surface area contributed by atoms with Gasteiger partial charge in [-0.2, -0.15) is 0 Å². The summed E-state index contributed by atoms with van der Waals surface area (Å²) in [6.45, 7) is 0.519. The van der Waals surface area contributed by atoms with Gasteiger partial charge in [0.2, 0.25) is 11.8 Å². The molecule has 1 aromatic carbocycles. The van der Waals surface area contributed by atoms with E-state index in [9.17, 15) is 4.79 Å². The van der Waals surface area contributed by atoms with Gasteiger partial charge >= 0.3 is 0 Å². The van der Waals surface area contributed by atoms with Gasteiger partial charge < -0.3 is 18.9 Å². The van der Waals surface area contributed by atoms with E-state index in [-0.39, 0.29) is 5.91 Å². The lowest BCUT2D eigenvalue weighted by Crippen LogP contribution is -2.25. The molecule has 3 aromatic rings. The largest absolute Gasteiger partial charge is 0.497 e. The summed E-state index contributed by atoms with van der Waals surface area (Å²) in [4.78, 5) is 16.3. The summed E-state index contributed by atoms with van der Waals surface area (Å²) in [5, 5.41) is 2.88. The monoisotopic (exact) mass is 340 g/mol. The second-order valence-corrected chi connectivity index (χ2v) is 5.55. The number of aryl methyl sites for hydroxylation is 1. The lowest BCUT2D eigenvalue weighted by atomic mass is 10.2. The number of amides is 1. The van der Waals surface area contributed by atoms with E-state index in [1.807, 2.05) is 36.4 Å². The Labute approximate surface area is 145 Å². The second kappa shape index (κ2) is 8.19. The molecule has 6 nitrogen and oxygen atoms in total. The number of methoxy groups -OCH3 is 1. The van der Waals surface area contributed by atoms with Crippen LogP contribution >= 0.6 is 0 Å². The van der Waals surface area contributed by atoms with E-state index in [1.165, 1.54) is 0 Å². The summed E-state index contributed by atoms with van der Waals surface area (Å²) in [5.41, 5.74) is 1.69. The first kappa shape index (κ1) is 16.8. The highest BCUT2D eigenvalue weighted by molar-refractivity contribution is 5.76. The highest BCUT2D eigenvalue weighted by Gasteiger charge is 2.08. The van der Waals surface area contributed by atoms with Crippen molar-refractivity contribution in [2.24, 2.45) is 0 Å². The molecule has 0 bridgehead atoms. The Bertz CT molecular complexity index is 791. The van der Waals surface area contributed by atoms with Crippen LogP contribution in [0, 0.1) is 0 Å². The molecule has 0 atom stereocenters. The molecular formula is C19H20N2O4. The van der Waals surface area contributed by atoms with Gasteiger partial charge in [-0.3, -0.25) is 4.79 Å². The summed E-state index contributed by atoms with van der Waals surface area (Å²) in [6.07, 6.45) is 4.85. The van der Waals surface area contributed by atoms with Crippen molar-refractivity contribution >= 4 is 5.91 Å². The summed E-state index contributed by atoms with van der Waals surface area (Å²) in [5.74, 6) is 2.15. The van der Waals surface area contributed by atoms with Crippen LogP contribution in [0.5, 0.6) is 5.75 Å². The van der Waals surface area contributed by atoms with Gasteiger partial charge in [-0.1, -0.05) is 0 Å². The highest BCUT2D eigenvalue weighted by Crippen LogP contribution is 2.21. The number of ether oxygens (including phenoxy) is 1. The molecule has 1 amide bonds. The summed E-state index contributed by atoms with van der Waals surface area (Å²) in [6, 6.07) is 11.2. The van der Waals surface area contributed by atoms with Crippen LogP contribution in [0.1, 0.15) is 17.9 Å². The molecule has 6 heteroatoms. The van der Waals surface area contributed by atoms with Crippen molar-refractivity contribution in [3.8, 4) is 17.2 Å². The van der Waals surface area contributed by atoms with Crippen LogP contribution in [-0.4, -0.2) is 24.5 Å². The number of hydrogen-bond donors (Lipinski definition) is 1. The molecule has 2 heterocycles. The molecule has 0 radical (unpaired) electrons. The van der Waals surface area contributed by atoms with E-state index in [0.29, 0.717) is 31.7 Å². The van der Waals surface area contributed by atoms with Crippen LogP contribution in [0.15, 0.2) is 57.8 Å².